The van der Waals surface area contributed by atoms with Crippen LogP contribution < -0.4 is 10.5 Å². The first-order valence-corrected chi connectivity index (χ1v) is 8.73. The number of aromatic nitrogens is 4. The molecule has 0 saturated carbocycles. The average Bonchev–Trinajstić information content (AvgIpc) is 2.53. The molecule has 2 aromatic rings. The van der Waals surface area contributed by atoms with Crippen LogP contribution in [0.15, 0.2) is 23.0 Å². The Morgan fingerprint density at radius 1 is 1.25 bits per heavy atom. The SMILES string of the molecule is Cc1ccc(=O)n(CC2CN(c3cc4c(nn3)CCC(C)C4)C2)n1. The molecule has 0 bridgehead atoms. The zero-order valence-electron chi connectivity index (χ0n) is 14.3. The molecule has 1 aliphatic carbocycles. The third-order valence-corrected chi connectivity index (χ3v) is 5.10. The lowest BCUT2D eigenvalue weighted by molar-refractivity contribution is 0.331. The van der Waals surface area contributed by atoms with Gasteiger partial charge in [-0.2, -0.15) is 10.2 Å². The van der Waals surface area contributed by atoms with E-state index < -0.39 is 0 Å². The van der Waals surface area contributed by atoms with Crippen molar-refractivity contribution in [2.75, 3.05) is 18.0 Å². The predicted octanol–water partition coefficient (Wildman–Crippen LogP) is 1.60. The standard InChI is InChI=1S/C18H23N5O/c1-12-3-5-16-15(7-12)8-17(20-19-16)22-9-14(10-22)11-23-18(24)6-4-13(2)21-23/h4,6,8,12,14H,3,5,7,9-11H2,1-2H3. The normalized spacial score (nSPS) is 20.6. The van der Waals surface area contributed by atoms with Crippen molar-refractivity contribution in [1.29, 1.82) is 0 Å². The summed E-state index contributed by atoms with van der Waals surface area (Å²) in [6.07, 6.45) is 3.37. The fraction of sp³-hybridized carbons (Fsp3) is 0.556. The molecule has 24 heavy (non-hydrogen) atoms. The van der Waals surface area contributed by atoms with Crippen LogP contribution in [-0.4, -0.2) is 33.1 Å². The minimum absolute atomic E-state index is 0.0263. The first-order valence-electron chi connectivity index (χ1n) is 8.73. The highest BCUT2D eigenvalue weighted by Gasteiger charge is 2.30. The first kappa shape index (κ1) is 15.3. The van der Waals surface area contributed by atoms with Gasteiger partial charge >= 0.3 is 0 Å². The van der Waals surface area contributed by atoms with Gasteiger partial charge in [-0.1, -0.05) is 6.92 Å². The van der Waals surface area contributed by atoms with E-state index in [9.17, 15) is 4.79 Å². The third-order valence-electron chi connectivity index (χ3n) is 5.10. The van der Waals surface area contributed by atoms with Crippen molar-refractivity contribution in [2.24, 2.45) is 11.8 Å². The van der Waals surface area contributed by atoms with E-state index in [4.69, 9.17) is 0 Å². The van der Waals surface area contributed by atoms with Crippen molar-refractivity contribution in [1.82, 2.24) is 20.0 Å². The number of nitrogens with zero attached hydrogens (tertiary/aromatic N) is 5. The molecule has 4 rings (SSSR count). The summed E-state index contributed by atoms with van der Waals surface area (Å²) in [7, 11) is 0. The second-order valence-corrected chi connectivity index (χ2v) is 7.29. The molecule has 0 aromatic carbocycles. The van der Waals surface area contributed by atoms with E-state index in [2.05, 4.69) is 33.2 Å². The molecule has 3 heterocycles. The summed E-state index contributed by atoms with van der Waals surface area (Å²) >= 11 is 0. The second kappa shape index (κ2) is 6.00. The van der Waals surface area contributed by atoms with Crippen LogP contribution in [0.3, 0.4) is 0 Å². The van der Waals surface area contributed by atoms with Gasteiger partial charge < -0.3 is 4.90 Å². The van der Waals surface area contributed by atoms with Crippen molar-refractivity contribution in [3.63, 3.8) is 0 Å². The fourth-order valence-corrected chi connectivity index (χ4v) is 3.64. The largest absolute Gasteiger partial charge is 0.354 e. The van der Waals surface area contributed by atoms with Crippen LogP contribution in [0.5, 0.6) is 0 Å². The van der Waals surface area contributed by atoms with Crippen LogP contribution in [0.1, 0.15) is 30.3 Å². The van der Waals surface area contributed by atoms with E-state index in [0.717, 1.165) is 43.4 Å². The van der Waals surface area contributed by atoms with E-state index in [-0.39, 0.29) is 5.56 Å². The molecule has 1 saturated heterocycles. The Hall–Kier alpha value is -2.24. The monoisotopic (exact) mass is 325 g/mol. The molecule has 1 unspecified atom stereocenters. The van der Waals surface area contributed by atoms with Gasteiger partial charge in [0.25, 0.3) is 5.56 Å². The molecule has 0 amide bonds. The van der Waals surface area contributed by atoms with Crippen molar-refractivity contribution >= 4 is 5.82 Å². The van der Waals surface area contributed by atoms with Gasteiger partial charge in [0.1, 0.15) is 0 Å². The molecular weight excluding hydrogens is 302 g/mol. The van der Waals surface area contributed by atoms with Crippen LogP contribution in [-0.2, 0) is 19.4 Å². The lowest BCUT2D eigenvalue weighted by Crippen LogP contribution is -2.50. The van der Waals surface area contributed by atoms with Crippen molar-refractivity contribution < 1.29 is 0 Å². The van der Waals surface area contributed by atoms with Crippen LogP contribution in [0, 0.1) is 18.8 Å². The molecule has 1 atom stereocenters. The Labute approximate surface area is 141 Å². The predicted molar refractivity (Wildman–Crippen MR) is 92.2 cm³/mol. The highest BCUT2D eigenvalue weighted by Crippen LogP contribution is 2.28. The quantitative estimate of drug-likeness (QED) is 0.858. The highest BCUT2D eigenvalue weighted by atomic mass is 16.1. The van der Waals surface area contributed by atoms with Crippen molar-refractivity contribution in [3.05, 3.63) is 45.5 Å². The number of aryl methyl sites for hydroxylation is 2. The maximum atomic E-state index is 11.9. The molecule has 0 N–H and O–H groups in total. The van der Waals surface area contributed by atoms with Gasteiger partial charge in [-0.05, 0) is 49.8 Å². The number of anilines is 1. The summed E-state index contributed by atoms with van der Waals surface area (Å²) in [5.41, 5.74) is 3.38. The molecule has 6 heteroatoms. The molecule has 6 nitrogen and oxygen atoms in total. The summed E-state index contributed by atoms with van der Waals surface area (Å²) in [5.74, 6) is 2.15. The van der Waals surface area contributed by atoms with Crippen LogP contribution in [0.2, 0.25) is 0 Å². The van der Waals surface area contributed by atoms with E-state index in [0.29, 0.717) is 12.5 Å². The summed E-state index contributed by atoms with van der Waals surface area (Å²) in [6.45, 7) is 6.70. The Morgan fingerprint density at radius 3 is 2.92 bits per heavy atom. The minimum Gasteiger partial charge on any atom is -0.354 e. The van der Waals surface area contributed by atoms with Gasteiger partial charge in [0.2, 0.25) is 0 Å². The summed E-state index contributed by atoms with van der Waals surface area (Å²) in [4.78, 5) is 14.1. The topological polar surface area (TPSA) is 63.9 Å². The van der Waals surface area contributed by atoms with E-state index in [1.54, 1.807) is 16.8 Å². The fourth-order valence-electron chi connectivity index (χ4n) is 3.64. The summed E-state index contributed by atoms with van der Waals surface area (Å²) in [6, 6.07) is 5.57. The Bertz CT molecular complexity index is 809. The van der Waals surface area contributed by atoms with Gasteiger partial charge in [-0.25, -0.2) is 4.68 Å². The van der Waals surface area contributed by atoms with E-state index in [1.807, 2.05) is 6.92 Å². The Balaban J connectivity index is 1.42. The number of hydrogen-bond donors (Lipinski definition) is 0. The molecular formula is C18H23N5O. The van der Waals surface area contributed by atoms with Gasteiger partial charge in [0.05, 0.1) is 17.9 Å². The van der Waals surface area contributed by atoms with Crippen LogP contribution in [0.4, 0.5) is 5.82 Å². The maximum Gasteiger partial charge on any atom is 0.266 e. The van der Waals surface area contributed by atoms with E-state index in [1.165, 1.54) is 17.7 Å². The maximum absolute atomic E-state index is 11.9. The minimum atomic E-state index is -0.0263. The average molecular weight is 325 g/mol. The molecule has 2 aromatic heterocycles. The molecule has 2 aliphatic rings. The Morgan fingerprint density at radius 2 is 2.08 bits per heavy atom. The van der Waals surface area contributed by atoms with Gasteiger partial charge in [-0.3, -0.25) is 4.79 Å². The molecule has 1 aliphatic heterocycles. The van der Waals surface area contributed by atoms with Crippen molar-refractivity contribution in [2.45, 2.75) is 39.7 Å². The first-order chi connectivity index (χ1) is 11.6. The number of fused-ring (bicyclic) bond motifs is 1. The molecule has 1 fully saturated rings. The lowest BCUT2D eigenvalue weighted by atomic mass is 9.88. The molecule has 0 spiro atoms. The van der Waals surface area contributed by atoms with Gasteiger partial charge in [0.15, 0.2) is 5.82 Å². The summed E-state index contributed by atoms with van der Waals surface area (Å²) in [5, 5.41) is 13.2. The Kier molecular flexibility index (Phi) is 3.82. The summed E-state index contributed by atoms with van der Waals surface area (Å²) < 4.78 is 1.58. The third kappa shape index (κ3) is 2.92. The second-order valence-electron chi connectivity index (χ2n) is 7.29. The van der Waals surface area contributed by atoms with E-state index >= 15 is 0 Å². The van der Waals surface area contributed by atoms with Gasteiger partial charge in [0, 0.05) is 25.1 Å². The highest BCUT2D eigenvalue weighted by molar-refractivity contribution is 5.44. The zero-order valence-corrected chi connectivity index (χ0v) is 14.3. The number of hydrogen-bond acceptors (Lipinski definition) is 5. The van der Waals surface area contributed by atoms with Crippen molar-refractivity contribution in [3.8, 4) is 0 Å². The molecule has 126 valence electrons. The van der Waals surface area contributed by atoms with Crippen LogP contribution in [0.25, 0.3) is 0 Å². The smallest absolute Gasteiger partial charge is 0.266 e. The van der Waals surface area contributed by atoms with Crippen LogP contribution >= 0.6 is 0 Å². The van der Waals surface area contributed by atoms with Gasteiger partial charge in [-0.15, -0.1) is 5.10 Å². The zero-order chi connectivity index (χ0) is 16.7. The molecule has 0 radical (unpaired) electrons. The number of rotatable bonds is 3. The lowest BCUT2D eigenvalue weighted by Gasteiger charge is -2.40.